The second-order valence-corrected chi connectivity index (χ2v) is 5.42. The van der Waals surface area contributed by atoms with E-state index in [1.54, 1.807) is 32.0 Å². The summed E-state index contributed by atoms with van der Waals surface area (Å²) in [5.74, 6) is -1.54. The summed E-state index contributed by atoms with van der Waals surface area (Å²) < 4.78 is 0.536. The molecule has 1 aromatic heterocycles. The van der Waals surface area contributed by atoms with Crippen molar-refractivity contribution < 1.29 is 14.7 Å². The van der Waals surface area contributed by atoms with Crippen molar-refractivity contribution >= 4 is 33.5 Å². The smallest absolute Gasteiger partial charge is 0.337 e. The van der Waals surface area contributed by atoms with Crippen LogP contribution in [-0.2, 0) is 0 Å². The minimum absolute atomic E-state index is 0.0656. The molecule has 2 aromatic rings. The second-order valence-electron chi connectivity index (χ2n) is 4.61. The first-order valence-corrected chi connectivity index (χ1v) is 6.96. The number of carbonyl (C=O) groups is 2. The van der Waals surface area contributed by atoms with Gasteiger partial charge in [0.1, 0.15) is 10.3 Å². The Hall–Kier alpha value is -2.21. The Morgan fingerprint density at radius 1 is 1.24 bits per heavy atom. The number of aryl methyl sites for hydroxylation is 2. The Morgan fingerprint density at radius 2 is 1.95 bits per heavy atom. The summed E-state index contributed by atoms with van der Waals surface area (Å²) >= 11 is 3.19. The number of pyridine rings is 1. The number of hydrogen-bond acceptors (Lipinski definition) is 3. The van der Waals surface area contributed by atoms with Gasteiger partial charge in [0.15, 0.2) is 0 Å². The zero-order valence-electron chi connectivity index (χ0n) is 11.5. The molecule has 0 spiro atoms. The lowest BCUT2D eigenvalue weighted by molar-refractivity contribution is 0.0698. The van der Waals surface area contributed by atoms with Gasteiger partial charge in [0.05, 0.1) is 11.3 Å². The zero-order valence-corrected chi connectivity index (χ0v) is 13.1. The van der Waals surface area contributed by atoms with E-state index in [0.717, 1.165) is 5.56 Å². The van der Waals surface area contributed by atoms with Gasteiger partial charge in [0.25, 0.3) is 5.91 Å². The molecular formula is C15H13BrN2O3. The van der Waals surface area contributed by atoms with Crippen LogP contribution in [-0.4, -0.2) is 22.0 Å². The van der Waals surface area contributed by atoms with Crippen molar-refractivity contribution in [3.05, 3.63) is 57.3 Å². The summed E-state index contributed by atoms with van der Waals surface area (Å²) in [5, 5.41) is 11.9. The van der Waals surface area contributed by atoms with Gasteiger partial charge in [-0.05, 0) is 59.1 Å². The SMILES string of the molecule is Cc1cc(C)c(NC(=O)c2cccc(Br)n2)c(C(=O)O)c1. The maximum Gasteiger partial charge on any atom is 0.337 e. The number of carbonyl (C=O) groups excluding carboxylic acids is 1. The fourth-order valence-corrected chi connectivity index (χ4v) is 2.36. The number of hydrogen-bond donors (Lipinski definition) is 2. The molecule has 1 amide bonds. The quantitative estimate of drug-likeness (QED) is 0.833. The summed E-state index contributed by atoms with van der Waals surface area (Å²) in [4.78, 5) is 27.6. The van der Waals surface area contributed by atoms with Crippen LogP contribution in [0.15, 0.2) is 34.9 Å². The Labute approximate surface area is 130 Å². The Bertz CT molecular complexity index is 729. The lowest BCUT2D eigenvalue weighted by Crippen LogP contribution is -2.17. The summed E-state index contributed by atoms with van der Waals surface area (Å²) in [6, 6.07) is 8.29. The third-order valence-corrected chi connectivity index (χ3v) is 3.34. The van der Waals surface area contributed by atoms with Crippen LogP contribution >= 0.6 is 15.9 Å². The molecule has 2 rings (SSSR count). The van der Waals surface area contributed by atoms with Crippen LogP contribution < -0.4 is 5.32 Å². The second kappa shape index (κ2) is 6.05. The topological polar surface area (TPSA) is 79.3 Å². The van der Waals surface area contributed by atoms with Crippen molar-refractivity contribution in [2.45, 2.75) is 13.8 Å². The van der Waals surface area contributed by atoms with E-state index in [4.69, 9.17) is 0 Å². The fraction of sp³-hybridized carbons (Fsp3) is 0.133. The van der Waals surface area contributed by atoms with E-state index in [1.807, 2.05) is 6.07 Å². The van der Waals surface area contributed by atoms with Gasteiger partial charge >= 0.3 is 5.97 Å². The van der Waals surface area contributed by atoms with E-state index in [9.17, 15) is 14.7 Å². The normalized spacial score (nSPS) is 10.2. The van der Waals surface area contributed by atoms with Gasteiger partial charge in [-0.15, -0.1) is 0 Å². The van der Waals surface area contributed by atoms with Gasteiger partial charge in [0, 0.05) is 0 Å². The average Bonchev–Trinajstić information content (AvgIpc) is 2.41. The molecule has 0 bridgehead atoms. The number of carboxylic acid groups (broad SMARTS) is 1. The number of amides is 1. The van der Waals surface area contributed by atoms with Crippen LogP contribution in [0.3, 0.4) is 0 Å². The molecule has 0 atom stereocenters. The van der Waals surface area contributed by atoms with Crippen LogP contribution in [0, 0.1) is 13.8 Å². The highest BCUT2D eigenvalue weighted by Gasteiger charge is 2.17. The fourth-order valence-electron chi connectivity index (χ4n) is 2.01. The molecule has 0 saturated heterocycles. The maximum atomic E-state index is 12.2. The van der Waals surface area contributed by atoms with E-state index in [0.29, 0.717) is 15.9 Å². The number of nitrogens with zero attached hydrogens (tertiary/aromatic N) is 1. The Morgan fingerprint density at radius 3 is 2.57 bits per heavy atom. The maximum absolute atomic E-state index is 12.2. The number of aromatic nitrogens is 1. The minimum atomic E-state index is -1.08. The average molecular weight is 349 g/mol. The van der Waals surface area contributed by atoms with Crippen molar-refractivity contribution in [2.24, 2.45) is 0 Å². The summed E-state index contributed by atoms with van der Waals surface area (Å²) in [7, 11) is 0. The van der Waals surface area contributed by atoms with E-state index < -0.39 is 11.9 Å². The van der Waals surface area contributed by atoms with Gasteiger partial charge in [0.2, 0.25) is 0 Å². The molecule has 0 aliphatic heterocycles. The van der Waals surface area contributed by atoms with Gasteiger partial charge < -0.3 is 10.4 Å². The van der Waals surface area contributed by atoms with Gasteiger partial charge in [-0.2, -0.15) is 0 Å². The van der Waals surface area contributed by atoms with Crippen LogP contribution in [0.5, 0.6) is 0 Å². The van der Waals surface area contributed by atoms with Gasteiger partial charge in [-0.25, -0.2) is 9.78 Å². The summed E-state index contributed by atoms with van der Waals surface area (Å²) in [6.07, 6.45) is 0. The van der Waals surface area contributed by atoms with E-state index in [-0.39, 0.29) is 11.3 Å². The molecule has 1 aromatic carbocycles. The third-order valence-electron chi connectivity index (χ3n) is 2.90. The number of rotatable bonds is 3. The molecule has 0 unspecified atom stereocenters. The highest BCUT2D eigenvalue weighted by Crippen LogP contribution is 2.23. The number of benzene rings is 1. The largest absolute Gasteiger partial charge is 0.478 e. The predicted molar refractivity (Wildman–Crippen MR) is 82.8 cm³/mol. The number of aromatic carboxylic acids is 1. The van der Waals surface area contributed by atoms with Crippen molar-refractivity contribution in [1.29, 1.82) is 0 Å². The van der Waals surface area contributed by atoms with Crippen LogP contribution in [0.2, 0.25) is 0 Å². The third kappa shape index (κ3) is 3.46. The summed E-state index contributed by atoms with van der Waals surface area (Å²) in [6.45, 7) is 3.56. The molecule has 0 aliphatic rings. The Balaban J connectivity index is 2.39. The standard InChI is InChI=1S/C15H13BrN2O3/c1-8-6-9(2)13(10(7-8)15(20)21)18-14(19)11-4-3-5-12(16)17-11/h3-7H,1-2H3,(H,18,19)(H,20,21). The van der Waals surface area contributed by atoms with E-state index >= 15 is 0 Å². The zero-order chi connectivity index (χ0) is 15.6. The highest BCUT2D eigenvalue weighted by molar-refractivity contribution is 9.10. The minimum Gasteiger partial charge on any atom is -0.478 e. The molecule has 0 radical (unpaired) electrons. The molecule has 1 heterocycles. The number of anilines is 1. The van der Waals surface area contributed by atoms with Crippen molar-refractivity contribution in [2.75, 3.05) is 5.32 Å². The van der Waals surface area contributed by atoms with Crippen LogP contribution in [0.4, 0.5) is 5.69 Å². The van der Waals surface area contributed by atoms with Crippen molar-refractivity contribution in [1.82, 2.24) is 4.98 Å². The first kappa shape index (κ1) is 15.2. The molecular weight excluding hydrogens is 336 g/mol. The van der Waals surface area contributed by atoms with Crippen molar-refractivity contribution in [3.63, 3.8) is 0 Å². The molecule has 0 aliphatic carbocycles. The Kier molecular flexibility index (Phi) is 4.37. The molecule has 2 N–H and O–H groups in total. The van der Waals surface area contributed by atoms with Crippen LogP contribution in [0.1, 0.15) is 32.0 Å². The number of carboxylic acids is 1. The molecule has 108 valence electrons. The first-order chi connectivity index (χ1) is 9.88. The predicted octanol–water partition coefficient (Wildman–Crippen LogP) is 3.41. The highest BCUT2D eigenvalue weighted by atomic mass is 79.9. The molecule has 5 nitrogen and oxygen atoms in total. The van der Waals surface area contributed by atoms with Crippen molar-refractivity contribution in [3.8, 4) is 0 Å². The molecule has 0 saturated carbocycles. The van der Waals surface area contributed by atoms with Gasteiger partial charge in [-0.1, -0.05) is 12.1 Å². The molecule has 6 heteroatoms. The van der Waals surface area contributed by atoms with E-state index in [2.05, 4.69) is 26.2 Å². The lowest BCUT2D eigenvalue weighted by Gasteiger charge is -2.12. The number of nitrogens with one attached hydrogen (secondary N) is 1. The first-order valence-electron chi connectivity index (χ1n) is 6.17. The lowest BCUT2D eigenvalue weighted by atomic mass is 10.0. The molecule has 0 fully saturated rings. The van der Waals surface area contributed by atoms with E-state index in [1.165, 1.54) is 6.07 Å². The molecule has 21 heavy (non-hydrogen) atoms. The van der Waals surface area contributed by atoms with Crippen LogP contribution in [0.25, 0.3) is 0 Å². The van der Waals surface area contributed by atoms with Gasteiger partial charge in [-0.3, -0.25) is 4.79 Å². The number of halogens is 1. The monoisotopic (exact) mass is 348 g/mol. The summed E-state index contributed by atoms with van der Waals surface area (Å²) in [5.41, 5.74) is 2.08.